The molecule has 3 N–H and O–H groups in total. The summed E-state index contributed by atoms with van der Waals surface area (Å²) in [6, 6.07) is 1.93. The summed E-state index contributed by atoms with van der Waals surface area (Å²) in [5.41, 5.74) is 7.01. The topological polar surface area (TPSA) is 81.7 Å². The van der Waals surface area contributed by atoms with E-state index in [1.807, 2.05) is 13.1 Å². The minimum Gasteiger partial charge on any atom is -0.388 e. The molecule has 88 valence electrons. The van der Waals surface area contributed by atoms with Gasteiger partial charge in [-0.3, -0.25) is 4.68 Å². The van der Waals surface area contributed by atoms with Crippen molar-refractivity contribution in [2.75, 3.05) is 5.32 Å². The highest BCUT2D eigenvalue weighted by molar-refractivity contribution is 7.80. The van der Waals surface area contributed by atoms with Crippen LogP contribution in [0, 0.1) is 0 Å². The summed E-state index contributed by atoms with van der Waals surface area (Å²) < 4.78 is 1.80. The van der Waals surface area contributed by atoms with Crippen LogP contribution in [0.3, 0.4) is 0 Å². The van der Waals surface area contributed by atoms with Crippen molar-refractivity contribution in [2.45, 2.75) is 6.54 Å². The van der Waals surface area contributed by atoms with Gasteiger partial charge in [-0.15, -0.1) is 0 Å². The zero-order chi connectivity index (χ0) is 12.3. The zero-order valence-corrected chi connectivity index (χ0v) is 10.1. The molecule has 2 aromatic rings. The number of nitrogens with two attached hydrogens (primary N) is 1. The largest absolute Gasteiger partial charge is 0.388 e. The van der Waals surface area contributed by atoms with Crippen LogP contribution in [0.15, 0.2) is 24.7 Å². The van der Waals surface area contributed by atoms with Crippen LogP contribution in [-0.2, 0) is 13.6 Å². The first-order valence-electron chi connectivity index (χ1n) is 4.99. The fourth-order valence-corrected chi connectivity index (χ4v) is 1.41. The highest BCUT2D eigenvalue weighted by atomic mass is 32.1. The van der Waals surface area contributed by atoms with Crippen molar-refractivity contribution < 1.29 is 0 Å². The van der Waals surface area contributed by atoms with Crippen molar-refractivity contribution in [3.8, 4) is 0 Å². The van der Waals surface area contributed by atoms with Crippen molar-refractivity contribution in [1.29, 1.82) is 0 Å². The molecule has 0 aliphatic rings. The summed E-state index contributed by atoms with van der Waals surface area (Å²) in [4.78, 5) is 8.49. The number of rotatable bonds is 4. The quantitative estimate of drug-likeness (QED) is 0.765. The van der Waals surface area contributed by atoms with E-state index in [-0.39, 0.29) is 4.99 Å². The number of hydrogen-bond acceptors (Lipinski definition) is 5. The summed E-state index contributed by atoms with van der Waals surface area (Å²) in [6.07, 6.45) is 4.90. The van der Waals surface area contributed by atoms with E-state index in [0.29, 0.717) is 18.1 Å². The monoisotopic (exact) mass is 248 g/mol. The van der Waals surface area contributed by atoms with Crippen molar-refractivity contribution in [3.63, 3.8) is 0 Å². The Bertz CT molecular complexity index is 518. The van der Waals surface area contributed by atoms with Gasteiger partial charge in [0.25, 0.3) is 0 Å². The van der Waals surface area contributed by atoms with E-state index in [1.165, 1.54) is 0 Å². The molecule has 0 bridgehead atoms. The first-order valence-corrected chi connectivity index (χ1v) is 5.40. The van der Waals surface area contributed by atoms with Crippen LogP contribution in [0.25, 0.3) is 0 Å². The molecule has 2 heterocycles. The number of aromatic nitrogens is 4. The molecule has 17 heavy (non-hydrogen) atoms. The van der Waals surface area contributed by atoms with Gasteiger partial charge in [-0.25, -0.2) is 9.97 Å². The molecule has 0 aliphatic carbocycles. The molecule has 0 aromatic carbocycles. The van der Waals surface area contributed by atoms with Crippen LogP contribution >= 0.6 is 12.2 Å². The van der Waals surface area contributed by atoms with Gasteiger partial charge in [0.1, 0.15) is 16.5 Å². The smallest absolute Gasteiger partial charge is 0.144 e. The minimum atomic E-state index is 0.246. The fraction of sp³-hybridized carbons (Fsp3) is 0.200. The number of thiocarbonyl (C=S) groups is 1. The number of nitrogens with one attached hydrogen (secondary N) is 1. The van der Waals surface area contributed by atoms with Gasteiger partial charge in [-0.2, -0.15) is 5.10 Å². The maximum Gasteiger partial charge on any atom is 0.144 e. The van der Waals surface area contributed by atoms with Crippen LogP contribution in [0.1, 0.15) is 11.4 Å². The molecule has 2 aromatic heterocycles. The lowest BCUT2D eigenvalue weighted by Crippen LogP contribution is -2.13. The van der Waals surface area contributed by atoms with Gasteiger partial charge >= 0.3 is 0 Å². The molecule has 0 atom stereocenters. The Hall–Kier alpha value is -2.02. The maximum atomic E-state index is 5.43. The van der Waals surface area contributed by atoms with E-state index in [0.717, 1.165) is 5.69 Å². The summed E-state index contributed by atoms with van der Waals surface area (Å²) in [5, 5.41) is 7.21. The normalized spacial score (nSPS) is 10.2. The van der Waals surface area contributed by atoms with Gasteiger partial charge in [-0.05, 0) is 6.07 Å². The van der Waals surface area contributed by atoms with Crippen LogP contribution in [-0.4, -0.2) is 24.7 Å². The van der Waals surface area contributed by atoms with E-state index in [9.17, 15) is 0 Å². The maximum absolute atomic E-state index is 5.43. The van der Waals surface area contributed by atoms with Gasteiger partial charge in [0, 0.05) is 13.2 Å². The van der Waals surface area contributed by atoms with Crippen LogP contribution in [0.2, 0.25) is 0 Å². The Labute approximate surface area is 104 Å². The molecule has 0 spiro atoms. The molecule has 0 saturated heterocycles. The van der Waals surface area contributed by atoms with Crippen LogP contribution < -0.4 is 11.1 Å². The first-order chi connectivity index (χ1) is 8.16. The number of nitrogens with zero attached hydrogens (tertiary/aromatic N) is 4. The molecule has 7 heteroatoms. The Morgan fingerprint density at radius 1 is 1.47 bits per heavy atom. The van der Waals surface area contributed by atoms with Crippen molar-refractivity contribution in [3.05, 3.63) is 36.0 Å². The number of anilines is 1. The molecule has 0 fully saturated rings. The Morgan fingerprint density at radius 2 is 2.29 bits per heavy atom. The second-order valence-electron chi connectivity index (χ2n) is 3.45. The van der Waals surface area contributed by atoms with E-state index in [4.69, 9.17) is 18.0 Å². The van der Waals surface area contributed by atoms with Crippen LogP contribution in [0.5, 0.6) is 0 Å². The Balaban J connectivity index is 2.00. The molecule has 0 aliphatic heterocycles. The molecule has 0 amide bonds. The average Bonchev–Trinajstić information content (AvgIpc) is 2.73. The molecule has 2 rings (SSSR count). The third-order valence-electron chi connectivity index (χ3n) is 2.28. The Morgan fingerprint density at radius 3 is 2.82 bits per heavy atom. The summed E-state index contributed by atoms with van der Waals surface area (Å²) in [7, 11) is 1.89. The van der Waals surface area contributed by atoms with E-state index in [1.54, 1.807) is 23.3 Å². The summed E-state index contributed by atoms with van der Waals surface area (Å²) >= 11 is 4.80. The predicted octanol–water partition coefficient (Wildman–Crippen LogP) is 0.456. The van der Waals surface area contributed by atoms with E-state index < -0.39 is 0 Å². The first kappa shape index (κ1) is 11.5. The molecule has 6 nitrogen and oxygen atoms in total. The standard InChI is InChI=1S/C10H12N6S/c1-16-7(2-3-15-16)4-13-9-6-12-8(5-14-9)10(11)17/h2-3,5-6H,4H2,1H3,(H2,11,17)(H,13,14). The highest BCUT2D eigenvalue weighted by Gasteiger charge is 2.01. The number of aryl methyl sites for hydroxylation is 1. The molecular weight excluding hydrogens is 236 g/mol. The van der Waals surface area contributed by atoms with Crippen molar-refractivity contribution >= 4 is 23.0 Å². The highest BCUT2D eigenvalue weighted by Crippen LogP contribution is 2.04. The second-order valence-corrected chi connectivity index (χ2v) is 3.89. The van der Waals surface area contributed by atoms with Crippen molar-refractivity contribution in [2.24, 2.45) is 12.8 Å². The van der Waals surface area contributed by atoms with Gasteiger partial charge in [0.05, 0.1) is 24.6 Å². The molecular formula is C10H12N6S. The third-order valence-corrected chi connectivity index (χ3v) is 2.49. The lowest BCUT2D eigenvalue weighted by Gasteiger charge is -2.05. The van der Waals surface area contributed by atoms with Crippen LogP contribution in [0.4, 0.5) is 5.82 Å². The second kappa shape index (κ2) is 4.88. The lowest BCUT2D eigenvalue weighted by molar-refractivity contribution is 0.720. The van der Waals surface area contributed by atoms with Crippen molar-refractivity contribution in [1.82, 2.24) is 19.7 Å². The summed E-state index contributed by atoms with van der Waals surface area (Å²) in [5.74, 6) is 0.672. The predicted molar refractivity (Wildman–Crippen MR) is 68.5 cm³/mol. The summed E-state index contributed by atoms with van der Waals surface area (Å²) in [6.45, 7) is 0.637. The minimum absolute atomic E-state index is 0.246. The molecule has 0 saturated carbocycles. The molecule has 0 radical (unpaired) electrons. The lowest BCUT2D eigenvalue weighted by atomic mass is 10.4. The zero-order valence-electron chi connectivity index (χ0n) is 9.29. The molecule has 0 unspecified atom stereocenters. The van der Waals surface area contributed by atoms with Gasteiger partial charge in [-0.1, -0.05) is 12.2 Å². The average molecular weight is 248 g/mol. The SMILES string of the molecule is Cn1nccc1CNc1cnc(C(N)=S)cn1. The van der Waals surface area contributed by atoms with Gasteiger partial charge in [0.15, 0.2) is 0 Å². The van der Waals surface area contributed by atoms with Gasteiger partial charge < -0.3 is 11.1 Å². The fourth-order valence-electron chi connectivity index (χ4n) is 1.30. The Kier molecular flexibility index (Phi) is 3.29. The number of hydrogen-bond donors (Lipinski definition) is 2. The van der Waals surface area contributed by atoms with E-state index >= 15 is 0 Å². The third kappa shape index (κ3) is 2.76. The van der Waals surface area contributed by atoms with E-state index in [2.05, 4.69) is 20.4 Å². The van der Waals surface area contributed by atoms with Gasteiger partial charge in [0.2, 0.25) is 0 Å².